The third-order valence-corrected chi connectivity index (χ3v) is 3.99. The number of amides is 1. The zero-order chi connectivity index (χ0) is 15.1. The number of carbonyl (C=O) groups excluding carboxylic acids is 1. The minimum Gasteiger partial charge on any atom is -0.273 e. The number of hydrogen-bond acceptors (Lipinski definition) is 2. The minimum atomic E-state index is 0.0897. The SMILES string of the molecule is CC(C)CC(=NNC(=O)C1CCCCC1)c1ccccc1. The summed E-state index contributed by atoms with van der Waals surface area (Å²) in [5, 5.41) is 4.43. The molecular weight excluding hydrogens is 260 g/mol. The smallest absolute Gasteiger partial charge is 0.243 e. The Balaban J connectivity index is 2.04. The summed E-state index contributed by atoms with van der Waals surface area (Å²) < 4.78 is 0. The van der Waals surface area contributed by atoms with E-state index in [0.29, 0.717) is 5.92 Å². The zero-order valence-electron chi connectivity index (χ0n) is 13.1. The average molecular weight is 286 g/mol. The van der Waals surface area contributed by atoms with E-state index < -0.39 is 0 Å². The summed E-state index contributed by atoms with van der Waals surface area (Å²) in [6, 6.07) is 10.1. The van der Waals surface area contributed by atoms with Crippen LogP contribution in [0.1, 0.15) is 57.9 Å². The van der Waals surface area contributed by atoms with Gasteiger partial charge in [0.05, 0.1) is 5.71 Å². The van der Waals surface area contributed by atoms with Crippen LogP contribution in [0.15, 0.2) is 35.4 Å². The Morgan fingerprint density at radius 2 is 1.86 bits per heavy atom. The molecule has 0 saturated heterocycles. The molecule has 1 saturated carbocycles. The molecule has 1 fully saturated rings. The van der Waals surface area contributed by atoms with Gasteiger partial charge in [0.15, 0.2) is 0 Å². The molecule has 0 aliphatic heterocycles. The lowest BCUT2D eigenvalue weighted by atomic mass is 9.89. The number of rotatable bonds is 5. The molecule has 21 heavy (non-hydrogen) atoms. The summed E-state index contributed by atoms with van der Waals surface area (Å²) in [4.78, 5) is 12.2. The van der Waals surface area contributed by atoms with Crippen LogP contribution in [0.25, 0.3) is 0 Å². The Morgan fingerprint density at radius 3 is 2.48 bits per heavy atom. The van der Waals surface area contributed by atoms with Crippen molar-refractivity contribution in [3.8, 4) is 0 Å². The fourth-order valence-electron chi connectivity index (χ4n) is 2.82. The monoisotopic (exact) mass is 286 g/mol. The third-order valence-electron chi connectivity index (χ3n) is 3.99. The fourth-order valence-corrected chi connectivity index (χ4v) is 2.82. The highest BCUT2D eigenvalue weighted by Crippen LogP contribution is 2.23. The van der Waals surface area contributed by atoms with E-state index in [2.05, 4.69) is 24.4 Å². The number of benzene rings is 1. The maximum Gasteiger partial charge on any atom is 0.243 e. The molecule has 114 valence electrons. The maximum atomic E-state index is 12.2. The molecule has 3 nitrogen and oxygen atoms in total. The van der Waals surface area contributed by atoms with Gasteiger partial charge in [-0.2, -0.15) is 5.10 Å². The highest BCUT2D eigenvalue weighted by molar-refractivity contribution is 6.01. The zero-order valence-corrected chi connectivity index (χ0v) is 13.1. The summed E-state index contributed by atoms with van der Waals surface area (Å²) >= 11 is 0. The van der Waals surface area contributed by atoms with E-state index in [1.54, 1.807) is 0 Å². The first-order chi connectivity index (χ1) is 10.2. The number of carbonyl (C=O) groups is 1. The van der Waals surface area contributed by atoms with Crippen molar-refractivity contribution in [1.29, 1.82) is 0 Å². The third kappa shape index (κ3) is 5.00. The van der Waals surface area contributed by atoms with Crippen LogP contribution in [0, 0.1) is 11.8 Å². The van der Waals surface area contributed by atoms with Crippen LogP contribution >= 0.6 is 0 Å². The molecule has 1 aliphatic carbocycles. The van der Waals surface area contributed by atoms with Gasteiger partial charge in [-0.15, -0.1) is 0 Å². The fraction of sp³-hybridized carbons (Fsp3) is 0.556. The first-order valence-corrected chi connectivity index (χ1v) is 8.08. The van der Waals surface area contributed by atoms with Gasteiger partial charge < -0.3 is 0 Å². The van der Waals surface area contributed by atoms with Gasteiger partial charge in [0, 0.05) is 5.92 Å². The molecule has 0 radical (unpaired) electrons. The Labute approximate surface area is 127 Å². The molecule has 1 aliphatic rings. The number of nitrogens with zero attached hydrogens (tertiary/aromatic N) is 1. The highest BCUT2D eigenvalue weighted by atomic mass is 16.2. The predicted octanol–water partition coefficient (Wildman–Crippen LogP) is 4.13. The van der Waals surface area contributed by atoms with Gasteiger partial charge in [0.2, 0.25) is 5.91 Å². The van der Waals surface area contributed by atoms with Gasteiger partial charge in [-0.25, -0.2) is 5.43 Å². The molecule has 0 atom stereocenters. The van der Waals surface area contributed by atoms with Crippen LogP contribution in [-0.2, 0) is 4.79 Å². The summed E-state index contributed by atoms with van der Waals surface area (Å²) in [6.07, 6.45) is 6.47. The quantitative estimate of drug-likeness (QED) is 0.641. The lowest BCUT2D eigenvalue weighted by Gasteiger charge is -2.19. The maximum absolute atomic E-state index is 12.2. The summed E-state index contributed by atoms with van der Waals surface area (Å²) in [6.45, 7) is 4.34. The number of hydrazone groups is 1. The van der Waals surface area contributed by atoms with Crippen molar-refractivity contribution in [2.75, 3.05) is 0 Å². The molecule has 0 aromatic heterocycles. The van der Waals surface area contributed by atoms with Crippen LogP contribution < -0.4 is 5.43 Å². The largest absolute Gasteiger partial charge is 0.273 e. The Hall–Kier alpha value is -1.64. The second kappa shape index (κ2) is 7.96. The second-order valence-electron chi connectivity index (χ2n) is 6.33. The second-order valence-corrected chi connectivity index (χ2v) is 6.33. The van der Waals surface area contributed by atoms with Crippen molar-refractivity contribution in [2.45, 2.75) is 52.4 Å². The molecule has 3 heteroatoms. The lowest BCUT2D eigenvalue weighted by molar-refractivity contribution is -0.125. The van der Waals surface area contributed by atoms with E-state index in [9.17, 15) is 4.79 Å². The van der Waals surface area contributed by atoms with E-state index >= 15 is 0 Å². The molecule has 0 heterocycles. The van der Waals surface area contributed by atoms with E-state index in [0.717, 1.165) is 30.5 Å². The standard InChI is InChI=1S/C18H26N2O/c1-14(2)13-17(15-9-5-3-6-10-15)19-20-18(21)16-11-7-4-8-12-16/h3,5-6,9-10,14,16H,4,7-8,11-13H2,1-2H3,(H,20,21). The first-order valence-electron chi connectivity index (χ1n) is 8.08. The molecule has 1 aromatic carbocycles. The summed E-state index contributed by atoms with van der Waals surface area (Å²) in [5.41, 5.74) is 4.87. The molecule has 0 unspecified atom stereocenters. The molecular formula is C18H26N2O. The van der Waals surface area contributed by atoms with Crippen LogP contribution in [0.5, 0.6) is 0 Å². The van der Waals surface area contributed by atoms with Gasteiger partial charge in [-0.05, 0) is 30.7 Å². The average Bonchev–Trinajstić information content (AvgIpc) is 2.52. The molecule has 1 amide bonds. The van der Waals surface area contributed by atoms with Crippen LogP contribution in [-0.4, -0.2) is 11.6 Å². The number of nitrogens with one attached hydrogen (secondary N) is 1. The molecule has 0 bridgehead atoms. The van der Waals surface area contributed by atoms with Gasteiger partial charge in [-0.3, -0.25) is 4.79 Å². The predicted molar refractivity (Wildman–Crippen MR) is 87.2 cm³/mol. The van der Waals surface area contributed by atoms with Crippen LogP contribution in [0.3, 0.4) is 0 Å². The Kier molecular flexibility index (Phi) is 5.97. The number of hydrogen-bond donors (Lipinski definition) is 1. The van der Waals surface area contributed by atoms with Gasteiger partial charge in [0.25, 0.3) is 0 Å². The first kappa shape index (κ1) is 15.7. The Morgan fingerprint density at radius 1 is 1.19 bits per heavy atom. The highest BCUT2D eigenvalue weighted by Gasteiger charge is 2.20. The van der Waals surface area contributed by atoms with Crippen molar-refractivity contribution in [2.24, 2.45) is 16.9 Å². The van der Waals surface area contributed by atoms with Gasteiger partial charge in [-0.1, -0.05) is 63.4 Å². The van der Waals surface area contributed by atoms with Gasteiger partial charge >= 0.3 is 0 Å². The normalized spacial score (nSPS) is 17.0. The van der Waals surface area contributed by atoms with E-state index in [1.165, 1.54) is 19.3 Å². The van der Waals surface area contributed by atoms with Crippen molar-refractivity contribution in [3.05, 3.63) is 35.9 Å². The van der Waals surface area contributed by atoms with E-state index in [4.69, 9.17) is 0 Å². The molecule has 2 rings (SSSR count). The van der Waals surface area contributed by atoms with Crippen molar-refractivity contribution in [3.63, 3.8) is 0 Å². The van der Waals surface area contributed by atoms with E-state index in [1.807, 2.05) is 30.3 Å². The minimum absolute atomic E-state index is 0.0897. The van der Waals surface area contributed by atoms with Crippen LogP contribution in [0.4, 0.5) is 0 Å². The van der Waals surface area contributed by atoms with Gasteiger partial charge in [0.1, 0.15) is 0 Å². The van der Waals surface area contributed by atoms with Crippen LogP contribution in [0.2, 0.25) is 0 Å². The molecule has 1 aromatic rings. The molecule has 0 spiro atoms. The van der Waals surface area contributed by atoms with Crippen molar-refractivity contribution in [1.82, 2.24) is 5.43 Å². The summed E-state index contributed by atoms with van der Waals surface area (Å²) in [5.74, 6) is 0.751. The summed E-state index contributed by atoms with van der Waals surface area (Å²) in [7, 11) is 0. The lowest BCUT2D eigenvalue weighted by Crippen LogP contribution is -2.29. The topological polar surface area (TPSA) is 41.5 Å². The van der Waals surface area contributed by atoms with E-state index in [-0.39, 0.29) is 11.8 Å². The Bertz CT molecular complexity index is 473. The van der Waals surface area contributed by atoms with Crippen molar-refractivity contribution >= 4 is 11.6 Å². The molecule has 1 N–H and O–H groups in total. The van der Waals surface area contributed by atoms with Crippen molar-refractivity contribution < 1.29 is 4.79 Å².